The molecule has 11 nitrogen and oxygen atoms in total. The molecule has 0 aliphatic carbocycles. The molecule has 1 aromatic heterocycles. The van der Waals surface area contributed by atoms with E-state index in [1.807, 2.05) is 0 Å². The number of hydrogen-bond donors (Lipinski definition) is 5. The van der Waals surface area contributed by atoms with Gasteiger partial charge in [0.15, 0.2) is 5.82 Å². The number of nitrogens with zero attached hydrogens (tertiary/aromatic N) is 4. The Hall–Kier alpha value is -2.71. The number of amides is 1. The molecule has 0 radical (unpaired) electrons. The third-order valence-electron chi connectivity index (χ3n) is 7.66. The summed E-state index contributed by atoms with van der Waals surface area (Å²) < 4.78 is 110. The van der Waals surface area contributed by atoms with Crippen LogP contribution in [0.3, 0.4) is 0 Å². The van der Waals surface area contributed by atoms with E-state index in [4.69, 9.17) is 5.73 Å². The van der Waals surface area contributed by atoms with E-state index in [9.17, 15) is 44.7 Å². The Morgan fingerprint density at radius 3 is 2.30 bits per heavy atom. The van der Waals surface area contributed by atoms with Crippen LogP contribution in [-0.2, 0) is 26.0 Å². The molecular weight excluding hydrogens is 640 g/mol. The number of benzene rings is 1. The average Bonchev–Trinajstić information content (AvgIpc) is 2.92. The predicted molar refractivity (Wildman–Crippen MR) is 148 cm³/mol. The first-order valence-electron chi connectivity index (χ1n) is 13.3. The van der Waals surface area contributed by atoms with Gasteiger partial charge in [-0.05, 0) is 24.1 Å². The lowest BCUT2D eigenvalue weighted by Crippen LogP contribution is -2.67. The Morgan fingerprint density at radius 2 is 1.73 bits per heavy atom. The third kappa shape index (κ3) is 6.09. The van der Waals surface area contributed by atoms with Crippen molar-refractivity contribution >= 4 is 34.2 Å². The SMILES string of the molecule is CC(C)[C@@H]1C(=O)NCCN1C[C@@]1(c2ncc(C(O)(C(F)(F)F)C(F)(F)F)cn2)CN(S(=O)(=O)c2cc(N)ccc2S)CCN1. The number of hydrogen-bond acceptors (Lipinski definition) is 10. The summed E-state index contributed by atoms with van der Waals surface area (Å²) in [6.45, 7) is 3.40. The second-order valence-corrected chi connectivity index (χ2v) is 13.4. The second kappa shape index (κ2) is 11.9. The number of halogens is 6. The van der Waals surface area contributed by atoms with E-state index < -0.39 is 51.7 Å². The summed E-state index contributed by atoms with van der Waals surface area (Å²) in [5.74, 6) is -0.885. The van der Waals surface area contributed by atoms with E-state index in [2.05, 4.69) is 33.2 Å². The number of aromatic nitrogens is 2. The van der Waals surface area contributed by atoms with Crippen molar-refractivity contribution in [2.45, 2.75) is 53.2 Å². The third-order valence-corrected chi connectivity index (χ3v) is 10.1. The number of carbonyl (C=O) groups is 1. The summed E-state index contributed by atoms with van der Waals surface area (Å²) in [5.41, 5.74) is -2.60. The van der Waals surface area contributed by atoms with Gasteiger partial charge in [0, 0.05) is 67.8 Å². The molecule has 2 aliphatic rings. The summed E-state index contributed by atoms with van der Waals surface area (Å²) >= 11 is 4.24. The molecule has 5 N–H and O–H groups in total. The van der Waals surface area contributed by atoms with Crippen LogP contribution in [0.15, 0.2) is 40.4 Å². The summed E-state index contributed by atoms with van der Waals surface area (Å²) in [5, 5.41) is 15.7. The van der Waals surface area contributed by atoms with Gasteiger partial charge in [0.05, 0.1) is 10.9 Å². The second-order valence-electron chi connectivity index (χ2n) is 11.0. The van der Waals surface area contributed by atoms with Gasteiger partial charge in [-0.15, -0.1) is 12.6 Å². The Morgan fingerprint density at radius 1 is 1.11 bits per heavy atom. The summed E-state index contributed by atoms with van der Waals surface area (Å²) in [6, 6.07) is 3.36. The van der Waals surface area contributed by atoms with Crippen LogP contribution in [0.2, 0.25) is 0 Å². The normalized spacial score (nSPS) is 23.2. The lowest BCUT2D eigenvalue weighted by atomic mass is 9.90. The lowest BCUT2D eigenvalue weighted by molar-refractivity contribution is -0.376. The lowest BCUT2D eigenvalue weighted by Gasteiger charge is -2.47. The van der Waals surface area contributed by atoms with Crippen LogP contribution in [0.25, 0.3) is 0 Å². The van der Waals surface area contributed by atoms with Crippen LogP contribution in [0.4, 0.5) is 32.0 Å². The van der Waals surface area contributed by atoms with Gasteiger partial charge in [0.25, 0.3) is 5.60 Å². The number of nitrogen functional groups attached to an aromatic ring is 1. The van der Waals surface area contributed by atoms with Crippen LogP contribution in [0.1, 0.15) is 25.2 Å². The number of nitrogens with one attached hydrogen (secondary N) is 2. The van der Waals surface area contributed by atoms with Gasteiger partial charge >= 0.3 is 12.4 Å². The molecule has 2 atom stereocenters. The molecule has 244 valence electrons. The van der Waals surface area contributed by atoms with E-state index >= 15 is 0 Å². The molecule has 0 saturated carbocycles. The topological polar surface area (TPSA) is 154 Å². The maximum Gasteiger partial charge on any atom is 0.430 e. The number of rotatable bonds is 7. The molecule has 3 heterocycles. The van der Waals surface area contributed by atoms with Crippen molar-refractivity contribution in [3.63, 3.8) is 0 Å². The van der Waals surface area contributed by atoms with E-state index in [1.165, 1.54) is 18.2 Å². The van der Waals surface area contributed by atoms with Crippen molar-refractivity contribution in [3.8, 4) is 0 Å². The van der Waals surface area contributed by atoms with Gasteiger partial charge in [0.1, 0.15) is 5.54 Å². The highest BCUT2D eigenvalue weighted by Gasteiger charge is 2.72. The summed E-state index contributed by atoms with van der Waals surface area (Å²) in [4.78, 5) is 22.0. The number of alkyl halides is 6. The highest BCUT2D eigenvalue weighted by Crippen LogP contribution is 2.49. The van der Waals surface area contributed by atoms with Crippen molar-refractivity contribution in [3.05, 3.63) is 42.0 Å². The molecule has 1 amide bonds. The van der Waals surface area contributed by atoms with Gasteiger partial charge in [-0.3, -0.25) is 9.69 Å². The Labute approximate surface area is 254 Å². The zero-order valence-electron chi connectivity index (χ0n) is 23.4. The molecule has 19 heteroatoms. The average molecular weight is 672 g/mol. The molecule has 0 spiro atoms. The Bertz CT molecular complexity index is 1480. The highest BCUT2D eigenvalue weighted by atomic mass is 32.2. The number of aliphatic hydroxyl groups is 1. The van der Waals surface area contributed by atoms with Gasteiger partial charge in [0.2, 0.25) is 15.9 Å². The zero-order chi connectivity index (χ0) is 32.9. The van der Waals surface area contributed by atoms with Crippen LogP contribution in [0, 0.1) is 5.92 Å². The molecule has 1 aromatic carbocycles. The first-order chi connectivity index (χ1) is 20.2. The van der Waals surface area contributed by atoms with Crippen molar-refractivity contribution in [2.75, 3.05) is 45.0 Å². The van der Waals surface area contributed by atoms with E-state index in [0.29, 0.717) is 6.54 Å². The highest BCUT2D eigenvalue weighted by molar-refractivity contribution is 7.90. The van der Waals surface area contributed by atoms with Crippen molar-refractivity contribution < 1.29 is 44.7 Å². The molecule has 4 rings (SSSR count). The first kappa shape index (κ1) is 34.2. The smallest absolute Gasteiger partial charge is 0.399 e. The van der Waals surface area contributed by atoms with E-state index in [1.54, 1.807) is 18.7 Å². The fourth-order valence-electron chi connectivity index (χ4n) is 5.49. The minimum atomic E-state index is -6.16. The molecule has 0 unspecified atom stereocenters. The van der Waals surface area contributed by atoms with Crippen LogP contribution < -0.4 is 16.4 Å². The predicted octanol–water partition coefficient (Wildman–Crippen LogP) is 1.61. The molecule has 44 heavy (non-hydrogen) atoms. The maximum absolute atomic E-state index is 13.8. The molecule has 2 saturated heterocycles. The maximum atomic E-state index is 13.8. The first-order valence-corrected chi connectivity index (χ1v) is 15.2. The van der Waals surface area contributed by atoms with E-state index in [0.717, 1.165) is 4.31 Å². The van der Waals surface area contributed by atoms with E-state index in [-0.39, 0.29) is 71.7 Å². The number of anilines is 1. The van der Waals surface area contributed by atoms with Crippen molar-refractivity contribution in [1.29, 1.82) is 0 Å². The van der Waals surface area contributed by atoms with Gasteiger partial charge < -0.3 is 21.5 Å². The quantitative estimate of drug-likeness (QED) is 0.168. The fourth-order valence-corrected chi connectivity index (χ4v) is 7.60. The fraction of sp³-hybridized carbons (Fsp3) is 0.560. The number of sulfonamides is 1. The van der Waals surface area contributed by atoms with Crippen molar-refractivity contribution in [1.82, 2.24) is 29.8 Å². The molecule has 2 aliphatic heterocycles. The van der Waals surface area contributed by atoms with Gasteiger partial charge in [-0.1, -0.05) is 13.8 Å². The molecular formula is C25H31F6N7O4S2. The van der Waals surface area contributed by atoms with Crippen LogP contribution >= 0.6 is 12.6 Å². The van der Waals surface area contributed by atoms with Gasteiger partial charge in [-0.25, -0.2) is 18.4 Å². The Kier molecular flexibility index (Phi) is 9.24. The minimum Gasteiger partial charge on any atom is -0.399 e. The summed E-state index contributed by atoms with van der Waals surface area (Å²) in [7, 11) is -4.30. The van der Waals surface area contributed by atoms with Crippen LogP contribution in [-0.4, -0.2) is 96.3 Å². The number of nitrogens with two attached hydrogens (primary N) is 1. The monoisotopic (exact) mass is 671 g/mol. The number of thiol groups is 1. The Balaban J connectivity index is 1.83. The van der Waals surface area contributed by atoms with Gasteiger partial charge in [-0.2, -0.15) is 30.6 Å². The van der Waals surface area contributed by atoms with Crippen LogP contribution in [0.5, 0.6) is 0 Å². The summed E-state index contributed by atoms with van der Waals surface area (Å²) in [6.07, 6.45) is -11.9. The number of carbonyl (C=O) groups excluding carboxylic acids is 1. The molecule has 2 aromatic rings. The minimum absolute atomic E-state index is 0.0318. The standard InChI is InChI=1S/C25H31F6N7O4S2/c1-14(2)19-20(39)33-5-7-37(19)12-22(21-34-10-15(11-35-21)23(40,24(26,27)28)25(29,30)31)13-38(8-6-36-22)44(41,42)18-9-16(32)3-4-17(18)43/h3-4,9-11,14,19,36,40,43H,5-8,12-13,32H2,1-2H3,(H,33,39)/t19-,22+/m1/s1. The number of piperazine rings is 2. The van der Waals surface area contributed by atoms with Crippen molar-refractivity contribution in [2.24, 2.45) is 5.92 Å². The largest absolute Gasteiger partial charge is 0.430 e. The molecule has 2 fully saturated rings. The molecule has 0 bridgehead atoms. The zero-order valence-corrected chi connectivity index (χ0v) is 25.2.